The Hall–Kier alpha value is -1.73. The normalized spacial score (nSPS) is 24.8. The summed E-state index contributed by atoms with van der Waals surface area (Å²) in [4.78, 5) is 5.11. The predicted octanol–water partition coefficient (Wildman–Crippen LogP) is 2.33. The summed E-state index contributed by atoms with van der Waals surface area (Å²) in [6.45, 7) is 11.1. The Balaban J connectivity index is 1.45. The molecular formula is C18H27N5O2. The highest BCUT2D eigenvalue weighted by atomic mass is 16.5. The molecule has 2 aromatic heterocycles. The van der Waals surface area contributed by atoms with Crippen molar-refractivity contribution in [2.24, 2.45) is 5.92 Å². The molecule has 3 fully saturated rings. The van der Waals surface area contributed by atoms with Crippen LogP contribution in [0, 0.1) is 19.8 Å². The average molecular weight is 345 g/mol. The third kappa shape index (κ3) is 3.48. The molecule has 0 aliphatic carbocycles. The van der Waals surface area contributed by atoms with Gasteiger partial charge in [-0.05, 0) is 32.6 Å². The summed E-state index contributed by atoms with van der Waals surface area (Å²) in [5, 5.41) is 12.4. The molecule has 3 aliphatic heterocycles. The van der Waals surface area contributed by atoms with Gasteiger partial charge in [0.15, 0.2) is 0 Å². The van der Waals surface area contributed by atoms with Crippen LogP contribution in [0.3, 0.4) is 0 Å². The molecule has 0 aromatic carbocycles. The molecule has 2 bridgehead atoms. The molecule has 0 N–H and O–H groups in total. The van der Waals surface area contributed by atoms with Crippen molar-refractivity contribution in [3.05, 3.63) is 28.8 Å². The fourth-order valence-electron chi connectivity index (χ4n) is 4.22. The fraction of sp³-hybridized carbons (Fsp3) is 0.722. The molecule has 2 atom stereocenters. The van der Waals surface area contributed by atoms with Gasteiger partial charge in [-0.2, -0.15) is 0 Å². The highest BCUT2D eigenvalue weighted by Gasteiger charge is 2.35. The van der Waals surface area contributed by atoms with Gasteiger partial charge in [-0.1, -0.05) is 12.1 Å². The zero-order valence-electron chi connectivity index (χ0n) is 15.4. The lowest BCUT2D eigenvalue weighted by Crippen LogP contribution is -2.43. The molecule has 0 amide bonds. The molecule has 5 heterocycles. The number of hydrogen-bond donors (Lipinski definition) is 0. The first-order chi connectivity index (χ1) is 12.1. The van der Waals surface area contributed by atoms with E-state index in [1.54, 1.807) is 0 Å². The minimum atomic E-state index is 0.552. The van der Waals surface area contributed by atoms with Crippen LogP contribution >= 0.6 is 0 Å². The standard InChI is InChI=1S/C18H27N5O2/c1-4-17-19-20-18(24-17)11-23-8-14-5-6-15(23)9-22(7-14)10-16-12(2)21-25-13(16)3/h14-15H,4-11H2,1-3H3/t14-,15+/m0/s1. The van der Waals surface area contributed by atoms with Gasteiger partial charge in [-0.15, -0.1) is 10.2 Å². The SMILES string of the molecule is CCc1nnc(CN2C[C@H]3CC[C@@H]2CN(Cc2c(C)noc2C)C3)o1. The van der Waals surface area contributed by atoms with Crippen LogP contribution in [0.2, 0.25) is 0 Å². The van der Waals surface area contributed by atoms with Crippen molar-refractivity contribution in [1.29, 1.82) is 0 Å². The molecule has 0 spiro atoms. The van der Waals surface area contributed by atoms with E-state index in [0.29, 0.717) is 12.0 Å². The second kappa shape index (κ2) is 6.88. The number of hydrogen-bond acceptors (Lipinski definition) is 7. The Bertz CT molecular complexity index is 705. The van der Waals surface area contributed by atoms with E-state index >= 15 is 0 Å². The predicted molar refractivity (Wildman–Crippen MR) is 91.9 cm³/mol. The molecule has 7 heteroatoms. The first kappa shape index (κ1) is 16.7. The molecule has 3 aliphatic rings. The van der Waals surface area contributed by atoms with Crippen molar-refractivity contribution in [2.75, 3.05) is 19.6 Å². The van der Waals surface area contributed by atoms with E-state index in [2.05, 4.69) is 25.2 Å². The quantitative estimate of drug-likeness (QED) is 0.823. The number of piperidine rings is 1. The van der Waals surface area contributed by atoms with E-state index in [1.807, 2.05) is 20.8 Å². The van der Waals surface area contributed by atoms with Crippen LogP contribution in [0.25, 0.3) is 0 Å². The number of aryl methyl sites for hydroxylation is 3. The molecular weight excluding hydrogens is 318 g/mol. The number of aromatic nitrogens is 3. The van der Waals surface area contributed by atoms with Crippen molar-refractivity contribution >= 4 is 0 Å². The summed E-state index contributed by atoms with van der Waals surface area (Å²) in [6.07, 6.45) is 3.35. The lowest BCUT2D eigenvalue weighted by molar-refractivity contribution is 0.111. The van der Waals surface area contributed by atoms with Crippen LogP contribution in [0.15, 0.2) is 8.94 Å². The second-order valence-electron chi connectivity index (χ2n) is 7.47. The molecule has 0 saturated carbocycles. The van der Waals surface area contributed by atoms with Crippen LogP contribution in [0.1, 0.15) is 48.6 Å². The zero-order valence-corrected chi connectivity index (χ0v) is 15.4. The molecule has 136 valence electrons. The van der Waals surface area contributed by atoms with Crippen molar-refractivity contribution in [1.82, 2.24) is 25.2 Å². The highest BCUT2D eigenvalue weighted by Crippen LogP contribution is 2.30. The van der Waals surface area contributed by atoms with Gasteiger partial charge in [0.25, 0.3) is 0 Å². The van der Waals surface area contributed by atoms with Gasteiger partial charge < -0.3 is 8.94 Å². The first-order valence-electron chi connectivity index (χ1n) is 9.31. The third-order valence-electron chi connectivity index (χ3n) is 5.62. The summed E-state index contributed by atoms with van der Waals surface area (Å²) in [6, 6.07) is 0.552. The maximum Gasteiger partial charge on any atom is 0.230 e. The Labute approximate surface area is 148 Å². The van der Waals surface area contributed by atoms with E-state index in [4.69, 9.17) is 8.94 Å². The van der Waals surface area contributed by atoms with Crippen LogP contribution in [0.5, 0.6) is 0 Å². The van der Waals surface area contributed by atoms with E-state index in [9.17, 15) is 0 Å². The molecule has 0 radical (unpaired) electrons. The molecule has 3 saturated heterocycles. The topological polar surface area (TPSA) is 71.4 Å². The van der Waals surface area contributed by atoms with E-state index in [1.165, 1.54) is 18.4 Å². The summed E-state index contributed by atoms with van der Waals surface area (Å²) in [5.74, 6) is 3.13. The molecule has 0 unspecified atom stereocenters. The van der Waals surface area contributed by atoms with Crippen molar-refractivity contribution in [3.8, 4) is 0 Å². The maximum atomic E-state index is 5.73. The Morgan fingerprint density at radius 2 is 1.88 bits per heavy atom. The second-order valence-corrected chi connectivity index (χ2v) is 7.47. The maximum absolute atomic E-state index is 5.73. The van der Waals surface area contributed by atoms with Gasteiger partial charge in [0.1, 0.15) is 5.76 Å². The van der Waals surface area contributed by atoms with Gasteiger partial charge in [-0.25, -0.2) is 0 Å². The monoisotopic (exact) mass is 345 g/mol. The number of rotatable bonds is 5. The fourth-order valence-corrected chi connectivity index (χ4v) is 4.22. The largest absolute Gasteiger partial charge is 0.424 e. The van der Waals surface area contributed by atoms with Crippen LogP contribution in [-0.2, 0) is 19.5 Å². The van der Waals surface area contributed by atoms with Crippen LogP contribution in [-0.4, -0.2) is 50.8 Å². The number of nitrogens with zero attached hydrogens (tertiary/aromatic N) is 5. The lowest BCUT2D eigenvalue weighted by Gasteiger charge is -2.35. The van der Waals surface area contributed by atoms with Gasteiger partial charge in [0, 0.05) is 44.2 Å². The molecule has 5 rings (SSSR count). The Morgan fingerprint density at radius 1 is 1.04 bits per heavy atom. The van der Waals surface area contributed by atoms with E-state index < -0.39 is 0 Å². The van der Waals surface area contributed by atoms with Crippen LogP contribution < -0.4 is 0 Å². The van der Waals surface area contributed by atoms with Crippen molar-refractivity contribution in [2.45, 2.75) is 59.2 Å². The van der Waals surface area contributed by atoms with Crippen LogP contribution in [0.4, 0.5) is 0 Å². The van der Waals surface area contributed by atoms with Gasteiger partial charge in [0.2, 0.25) is 11.8 Å². The minimum absolute atomic E-state index is 0.552. The molecule has 2 aromatic rings. The minimum Gasteiger partial charge on any atom is -0.424 e. The Kier molecular flexibility index (Phi) is 4.60. The molecule has 25 heavy (non-hydrogen) atoms. The van der Waals surface area contributed by atoms with Gasteiger partial charge in [-0.3, -0.25) is 9.80 Å². The summed E-state index contributed by atoms with van der Waals surface area (Å²) in [5.41, 5.74) is 2.27. The highest BCUT2D eigenvalue weighted by molar-refractivity contribution is 5.20. The summed E-state index contributed by atoms with van der Waals surface area (Å²) >= 11 is 0. The lowest BCUT2D eigenvalue weighted by atomic mass is 9.95. The van der Waals surface area contributed by atoms with Crippen molar-refractivity contribution < 1.29 is 8.94 Å². The van der Waals surface area contributed by atoms with Gasteiger partial charge in [0.05, 0.1) is 12.2 Å². The first-order valence-corrected chi connectivity index (χ1v) is 9.31. The average Bonchev–Trinajstić information content (AvgIpc) is 3.06. The zero-order chi connectivity index (χ0) is 17.4. The number of fused-ring (bicyclic) bond motifs is 4. The van der Waals surface area contributed by atoms with E-state index in [-0.39, 0.29) is 0 Å². The summed E-state index contributed by atoms with van der Waals surface area (Å²) < 4.78 is 11.1. The smallest absolute Gasteiger partial charge is 0.230 e. The molecule has 7 nitrogen and oxygen atoms in total. The third-order valence-corrected chi connectivity index (χ3v) is 5.62. The van der Waals surface area contributed by atoms with Crippen molar-refractivity contribution in [3.63, 3.8) is 0 Å². The summed E-state index contributed by atoms with van der Waals surface area (Å²) in [7, 11) is 0. The van der Waals surface area contributed by atoms with Gasteiger partial charge >= 0.3 is 0 Å². The van der Waals surface area contributed by atoms with E-state index in [0.717, 1.165) is 62.4 Å². The Morgan fingerprint density at radius 3 is 2.60 bits per heavy atom.